The van der Waals surface area contributed by atoms with E-state index in [0.29, 0.717) is 0 Å². The molecular formula is C20H68O28Si16. The average Bonchev–Trinajstić information content (AvgIpc) is 2.86. The zero-order valence-corrected chi connectivity index (χ0v) is 55.7. The molecule has 4 aliphatic rings. The molecule has 0 aromatic rings. The third-order valence-corrected chi connectivity index (χ3v) is 62.2. The standard InChI is InChI=1S/C10H36O15Si8.C10H32O13Si8/c1-17-31(12,13)20-28(6,7)21-32(14,15)22-29(8,9)24-33(16)23-27(4,5)18-26(2,3)19-30(10,11)25-33;1-13-29(12)16-26(6,7)18-31(22-29)20-27(8,9)19-30(23-31)17-25(4,5)14-24(2,3)15-28(10,11)21-30/h11-16H,1-10H3;11-12H,1-10H3. The lowest BCUT2D eigenvalue weighted by atomic mass is 11.8. The predicted molar refractivity (Wildman–Crippen MR) is 249 cm³/mol. The van der Waals surface area contributed by atoms with Crippen LogP contribution in [0.1, 0.15) is 0 Å². The summed E-state index contributed by atoms with van der Waals surface area (Å²) in [5, 5.41) is 0. The van der Waals surface area contributed by atoms with Crippen molar-refractivity contribution >= 4 is 140 Å². The van der Waals surface area contributed by atoms with Crippen LogP contribution < -0.4 is 0 Å². The summed E-state index contributed by atoms with van der Waals surface area (Å²) in [6.45, 7) is 28.8. The Labute approximate surface area is 391 Å². The Kier molecular flexibility index (Phi) is 18.3. The first-order valence-corrected chi connectivity index (χ1v) is 56.5. The highest BCUT2D eigenvalue weighted by molar-refractivity contribution is 6.98. The van der Waals surface area contributed by atoms with Crippen molar-refractivity contribution in [2.75, 3.05) is 14.2 Å². The number of hydrogen-bond donors (Lipinski definition) is 8. The maximum absolute atomic E-state index is 11.1. The van der Waals surface area contributed by atoms with Crippen molar-refractivity contribution in [3.8, 4) is 0 Å². The van der Waals surface area contributed by atoms with E-state index in [0.717, 1.165) is 7.11 Å². The summed E-state index contributed by atoms with van der Waals surface area (Å²) in [4.78, 5) is 83.5. The Hall–Kier alpha value is 2.35. The SMILES string of the molecule is CO[Si](O)(O)O[Si](C)(C)O[Si](O)(O)O[Si](C)(C)O[Si]1(O)O[Si](C)(C)O[Si](C)(C)O[Si](C)(O)O1.CO[Si]1(O)O[Si](C)(C)O[Si]2(O[Si](C)(C)O[Si]3(O[Si](C)(C)O[Si](C)(C)O[Si](C)(O)O3)O2)O1. The van der Waals surface area contributed by atoms with Crippen molar-refractivity contribution < 1.29 is 121 Å². The molecule has 0 amide bonds. The van der Waals surface area contributed by atoms with Gasteiger partial charge in [0.15, 0.2) is 0 Å². The minimum Gasteiger partial charge on any atom is -0.416 e. The van der Waals surface area contributed by atoms with Gasteiger partial charge in [0, 0.05) is 27.3 Å². The predicted octanol–water partition coefficient (Wildman–Crippen LogP) is -1.08. The first-order chi connectivity index (χ1) is 27.8. The summed E-state index contributed by atoms with van der Waals surface area (Å²) in [6.07, 6.45) is 0. The Balaban J connectivity index is 0.000000341. The number of rotatable bonds is 10. The monoisotopic (exact) mass is 1200 g/mol. The molecule has 8 N–H and O–H groups in total. The van der Waals surface area contributed by atoms with Crippen molar-refractivity contribution in [2.45, 2.75) is 118 Å². The molecule has 6 atom stereocenters. The minimum absolute atomic E-state index is 1.01. The second kappa shape index (κ2) is 19.3. The fraction of sp³-hybridized carbons (Fsp3) is 1.00. The molecule has 4 saturated heterocycles. The van der Waals surface area contributed by atoms with Crippen LogP contribution in [0.4, 0.5) is 0 Å². The lowest BCUT2D eigenvalue weighted by molar-refractivity contribution is -0.0436. The van der Waals surface area contributed by atoms with Crippen molar-refractivity contribution in [3.05, 3.63) is 0 Å². The van der Waals surface area contributed by atoms with Gasteiger partial charge < -0.3 is 121 Å². The minimum atomic E-state index is -5.00. The van der Waals surface area contributed by atoms with Crippen LogP contribution in [-0.2, 0) is 82.9 Å². The Bertz CT molecular complexity index is 1590. The van der Waals surface area contributed by atoms with E-state index in [1.165, 1.54) is 46.4 Å². The second-order valence-corrected chi connectivity index (χ2v) is 66.2. The summed E-state index contributed by atoms with van der Waals surface area (Å²) in [5.74, 6) is 0. The van der Waals surface area contributed by atoms with Gasteiger partial charge in [-0.15, -0.1) is 0 Å². The molecule has 4 rings (SSSR count). The molecule has 44 heteroatoms. The third-order valence-electron chi connectivity index (χ3n) is 7.26. The van der Waals surface area contributed by atoms with Crippen molar-refractivity contribution in [1.82, 2.24) is 0 Å². The fourth-order valence-corrected chi connectivity index (χ4v) is 70.1. The van der Waals surface area contributed by atoms with Crippen LogP contribution in [0.3, 0.4) is 0 Å². The molecular weight excluding hydrogens is 1140 g/mol. The molecule has 64 heavy (non-hydrogen) atoms. The summed E-state index contributed by atoms with van der Waals surface area (Å²) in [7, 11) is -57.2. The molecule has 0 radical (unpaired) electrons. The number of hydrogen-bond acceptors (Lipinski definition) is 28. The Morgan fingerprint density at radius 1 is 0.344 bits per heavy atom. The summed E-state index contributed by atoms with van der Waals surface area (Å²) in [6, 6.07) is 0. The maximum Gasteiger partial charge on any atom is 0.664 e. The normalized spacial score (nSPS) is 37.7. The first kappa shape index (κ1) is 60.7. The molecule has 0 aromatic carbocycles. The second-order valence-electron chi connectivity index (χ2n) is 18.4. The summed E-state index contributed by atoms with van der Waals surface area (Å²) in [5.41, 5.74) is 0. The molecule has 4 fully saturated rings. The van der Waals surface area contributed by atoms with Crippen LogP contribution in [0.2, 0.25) is 118 Å². The molecule has 2 spiro atoms. The molecule has 0 aromatic heterocycles. The van der Waals surface area contributed by atoms with E-state index in [1.807, 2.05) is 0 Å². The van der Waals surface area contributed by atoms with E-state index >= 15 is 0 Å². The molecule has 4 aliphatic heterocycles. The fourth-order valence-electron chi connectivity index (χ4n) is 6.66. The van der Waals surface area contributed by atoms with E-state index < -0.39 is 140 Å². The molecule has 4 heterocycles. The van der Waals surface area contributed by atoms with E-state index in [4.69, 9.17) is 78.5 Å². The smallest absolute Gasteiger partial charge is 0.416 e. The lowest BCUT2D eigenvalue weighted by Crippen LogP contribution is -2.82. The van der Waals surface area contributed by atoms with Gasteiger partial charge >= 0.3 is 140 Å². The quantitative estimate of drug-likeness (QED) is 0.121. The van der Waals surface area contributed by atoms with Crippen LogP contribution in [0.15, 0.2) is 0 Å². The van der Waals surface area contributed by atoms with Gasteiger partial charge in [-0.3, -0.25) is 0 Å². The van der Waals surface area contributed by atoms with E-state index in [9.17, 15) is 38.4 Å². The maximum atomic E-state index is 11.1. The van der Waals surface area contributed by atoms with Crippen LogP contribution in [0.25, 0.3) is 0 Å². The molecule has 0 aliphatic carbocycles. The largest absolute Gasteiger partial charge is 0.664 e. The van der Waals surface area contributed by atoms with Crippen molar-refractivity contribution in [3.63, 3.8) is 0 Å². The molecule has 28 nitrogen and oxygen atoms in total. The third kappa shape index (κ3) is 19.1. The van der Waals surface area contributed by atoms with E-state index in [2.05, 4.69) is 4.43 Å². The highest BCUT2D eigenvalue weighted by Crippen LogP contribution is 2.43. The van der Waals surface area contributed by atoms with Gasteiger partial charge in [0.05, 0.1) is 0 Å². The highest BCUT2D eigenvalue weighted by Gasteiger charge is 2.78. The van der Waals surface area contributed by atoms with Gasteiger partial charge in [-0.2, -0.15) is 0 Å². The highest BCUT2D eigenvalue weighted by atomic mass is 28.6. The van der Waals surface area contributed by atoms with Gasteiger partial charge in [-0.1, -0.05) is 0 Å². The summed E-state index contributed by atoms with van der Waals surface area (Å²) < 4.78 is 114. The molecule has 6 unspecified atom stereocenters. The van der Waals surface area contributed by atoms with Gasteiger partial charge in [0.25, 0.3) is 0 Å². The first-order valence-electron chi connectivity index (χ1n) is 19.4. The van der Waals surface area contributed by atoms with E-state index in [-0.39, 0.29) is 0 Å². The zero-order valence-electron chi connectivity index (χ0n) is 39.7. The zero-order chi connectivity index (χ0) is 50.1. The summed E-state index contributed by atoms with van der Waals surface area (Å²) >= 11 is 0. The van der Waals surface area contributed by atoms with Crippen molar-refractivity contribution in [2.24, 2.45) is 0 Å². The Morgan fingerprint density at radius 3 is 1.11 bits per heavy atom. The van der Waals surface area contributed by atoms with Crippen LogP contribution in [0, 0.1) is 0 Å². The molecule has 380 valence electrons. The lowest BCUT2D eigenvalue weighted by Gasteiger charge is -2.54. The molecule has 0 saturated carbocycles. The average molecular weight is 1210 g/mol. The van der Waals surface area contributed by atoms with Gasteiger partial charge in [0.2, 0.25) is 0 Å². The van der Waals surface area contributed by atoms with Crippen LogP contribution in [0.5, 0.6) is 0 Å². The van der Waals surface area contributed by atoms with Crippen LogP contribution in [-0.4, -0.2) is 193 Å². The molecule has 0 bridgehead atoms. The topological polar surface area (TPSA) is 346 Å². The van der Waals surface area contributed by atoms with E-state index in [1.54, 1.807) is 78.6 Å². The van der Waals surface area contributed by atoms with Gasteiger partial charge in [-0.05, 0) is 105 Å². The van der Waals surface area contributed by atoms with Gasteiger partial charge in [0.1, 0.15) is 0 Å². The van der Waals surface area contributed by atoms with Crippen LogP contribution >= 0.6 is 0 Å². The van der Waals surface area contributed by atoms with Gasteiger partial charge in [-0.25, -0.2) is 0 Å². The Morgan fingerprint density at radius 2 is 0.672 bits per heavy atom. The van der Waals surface area contributed by atoms with Crippen molar-refractivity contribution in [1.29, 1.82) is 0 Å².